The molecule has 1 amide bonds. The summed E-state index contributed by atoms with van der Waals surface area (Å²) in [7, 11) is 1.35. The Morgan fingerprint density at radius 3 is 2.64 bits per heavy atom. The van der Waals surface area contributed by atoms with Crippen LogP contribution in [0, 0.1) is 0 Å². The Kier molecular flexibility index (Phi) is 7.35. The molecule has 1 heterocycles. The van der Waals surface area contributed by atoms with Crippen LogP contribution < -0.4 is 10.6 Å². The van der Waals surface area contributed by atoms with Crippen molar-refractivity contribution in [2.24, 2.45) is 0 Å². The van der Waals surface area contributed by atoms with Crippen LogP contribution in [0.15, 0.2) is 54.6 Å². The molecule has 1 aromatic heterocycles. The smallest absolute Gasteiger partial charge is 0.337 e. The standard InChI is InChI=1S/C27H29N3O3/c1-33-27(32)20-14-11-19(12-15-20)13-16-25(31)28-17-6-18-29-26-21-7-2-4-9-23(21)30-24-10-5-3-8-22(24)26/h2,4,7,9,11-16H,3,5-6,8,10,17-18H2,1H3,(H,28,31)(H,29,30)/b16-13+. The number of aryl methyl sites for hydroxylation is 1. The molecule has 0 spiro atoms. The lowest BCUT2D eigenvalue weighted by atomic mass is 9.92. The molecule has 0 radical (unpaired) electrons. The number of ether oxygens (including phenoxy) is 1. The molecule has 1 aliphatic rings. The maximum atomic E-state index is 12.1. The number of esters is 1. The van der Waals surface area contributed by atoms with Gasteiger partial charge in [-0.15, -0.1) is 0 Å². The molecule has 3 aromatic rings. The molecule has 170 valence electrons. The summed E-state index contributed by atoms with van der Waals surface area (Å²) in [6.07, 6.45) is 8.57. The van der Waals surface area contributed by atoms with Gasteiger partial charge in [-0.2, -0.15) is 0 Å². The van der Waals surface area contributed by atoms with E-state index in [0.717, 1.165) is 36.9 Å². The molecule has 0 fully saturated rings. The molecule has 4 rings (SSSR count). The first kappa shape index (κ1) is 22.5. The first-order chi connectivity index (χ1) is 16.2. The number of nitrogens with zero attached hydrogens (tertiary/aromatic N) is 1. The first-order valence-electron chi connectivity index (χ1n) is 11.4. The molecule has 2 aromatic carbocycles. The van der Waals surface area contributed by atoms with E-state index in [2.05, 4.69) is 33.6 Å². The monoisotopic (exact) mass is 443 g/mol. The van der Waals surface area contributed by atoms with Gasteiger partial charge in [0.2, 0.25) is 5.91 Å². The Hall–Kier alpha value is -3.67. The molecule has 6 heteroatoms. The van der Waals surface area contributed by atoms with E-state index in [1.165, 1.54) is 48.4 Å². The molecule has 1 aliphatic carbocycles. The summed E-state index contributed by atoms with van der Waals surface area (Å²) in [5.41, 5.74) is 6.14. The molecule has 6 nitrogen and oxygen atoms in total. The van der Waals surface area contributed by atoms with E-state index in [0.29, 0.717) is 12.1 Å². The first-order valence-corrected chi connectivity index (χ1v) is 11.4. The second-order valence-electron chi connectivity index (χ2n) is 8.15. The predicted molar refractivity (Wildman–Crippen MR) is 131 cm³/mol. The molecule has 0 aliphatic heterocycles. The zero-order valence-corrected chi connectivity index (χ0v) is 18.9. The van der Waals surface area contributed by atoms with Crippen LogP contribution in [0.2, 0.25) is 0 Å². The highest BCUT2D eigenvalue weighted by molar-refractivity contribution is 5.94. The number of hydrogen-bond acceptors (Lipinski definition) is 5. The van der Waals surface area contributed by atoms with Crippen molar-refractivity contribution in [2.75, 3.05) is 25.5 Å². The lowest BCUT2D eigenvalue weighted by Crippen LogP contribution is -2.24. The number of para-hydroxylation sites is 1. The van der Waals surface area contributed by atoms with E-state index in [9.17, 15) is 9.59 Å². The lowest BCUT2D eigenvalue weighted by molar-refractivity contribution is -0.116. The Balaban J connectivity index is 1.28. The summed E-state index contributed by atoms with van der Waals surface area (Å²) >= 11 is 0. The van der Waals surface area contributed by atoms with Crippen molar-refractivity contribution >= 4 is 34.5 Å². The van der Waals surface area contributed by atoms with E-state index >= 15 is 0 Å². The van der Waals surface area contributed by atoms with Crippen molar-refractivity contribution in [3.8, 4) is 0 Å². The average Bonchev–Trinajstić information content (AvgIpc) is 2.86. The summed E-state index contributed by atoms with van der Waals surface area (Å²) in [6, 6.07) is 15.2. The van der Waals surface area contributed by atoms with Crippen LogP contribution in [0.25, 0.3) is 17.0 Å². The van der Waals surface area contributed by atoms with Gasteiger partial charge in [0, 0.05) is 35.9 Å². The van der Waals surface area contributed by atoms with Crippen LogP contribution in [0.1, 0.15) is 46.4 Å². The number of pyridine rings is 1. The highest BCUT2D eigenvalue weighted by atomic mass is 16.5. The van der Waals surface area contributed by atoms with Crippen LogP contribution in [0.3, 0.4) is 0 Å². The van der Waals surface area contributed by atoms with Crippen molar-refractivity contribution in [3.63, 3.8) is 0 Å². The van der Waals surface area contributed by atoms with Gasteiger partial charge < -0.3 is 15.4 Å². The molecular weight excluding hydrogens is 414 g/mol. The molecule has 0 saturated heterocycles. The maximum Gasteiger partial charge on any atom is 0.337 e. The van der Waals surface area contributed by atoms with Crippen LogP contribution in [-0.4, -0.2) is 37.1 Å². The SMILES string of the molecule is COC(=O)c1ccc(/C=C/C(=O)NCCCNc2c3c(nc4ccccc24)CCCC3)cc1. The van der Waals surface area contributed by atoms with Crippen LogP contribution in [0.4, 0.5) is 5.69 Å². The number of benzene rings is 2. The number of carbonyl (C=O) groups is 2. The minimum absolute atomic E-state index is 0.140. The van der Waals surface area contributed by atoms with E-state index in [1.54, 1.807) is 30.3 Å². The number of fused-ring (bicyclic) bond motifs is 2. The van der Waals surface area contributed by atoms with Crippen molar-refractivity contribution in [1.82, 2.24) is 10.3 Å². The fourth-order valence-electron chi connectivity index (χ4n) is 4.17. The summed E-state index contributed by atoms with van der Waals surface area (Å²) < 4.78 is 4.69. The number of nitrogens with one attached hydrogen (secondary N) is 2. The Morgan fingerprint density at radius 1 is 1.03 bits per heavy atom. The van der Waals surface area contributed by atoms with Crippen LogP contribution in [-0.2, 0) is 22.4 Å². The Morgan fingerprint density at radius 2 is 1.82 bits per heavy atom. The number of amides is 1. The fraction of sp³-hybridized carbons (Fsp3) is 0.296. The molecule has 33 heavy (non-hydrogen) atoms. The van der Waals surface area contributed by atoms with Gasteiger partial charge in [0.1, 0.15) is 0 Å². The highest BCUT2D eigenvalue weighted by Crippen LogP contribution is 2.33. The lowest BCUT2D eigenvalue weighted by Gasteiger charge is -2.21. The third-order valence-electron chi connectivity index (χ3n) is 5.88. The minimum atomic E-state index is -0.378. The largest absolute Gasteiger partial charge is 0.465 e. The Labute approximate surface area is 194 Å². The zero-order valence-electron chi connectivity index (χ0n) is 18.9. The molecule has 2 N–H and O–H groups in total. The van der Waals surface area contributed by atoms with Gasteiger partial charge in [0.05, 0.1) is 18.2 Å². The topological polar surface area (TPSA) is 80.3 Å². The summed E-state index contributed by atoms with van der Waals surface area (Å²) in [5, 5.41) is 7.71. The fourth-order valence-corrected chi connectivity index (χ4v) is 4.17. The normalized spacial score (nSPS) is 13.0. The third kappa shape index (κ3) is 5.58. The van der Waals surface area contributed by atoms with Gasteiger partial charge in [0.25, 0.3) is 0 Å². The van der Waals surface area contributed by atoms with Gasteiger partial charge >= 0.3 is 5.97 Å². The van der Waals surface area contributed by atoms with E-state index in [4.69, 9.17) is 4.98 Å². The van der Waals surface area contributed by atoms with Crippen LogP contribution in [0.5, 0.6) is 0 Å². The van der Waals surface area contributed by atoms with E-state index < -0.39 is 0 Å². The Bertz CT molecular complexity index is 1170. The molecule has 0 unspecified atom stereocenters. The van der Waals surface area contributed by atoms with Gasteiger partial charge in [-0.1, -0.05) is 30.3 Å². The number of aromatic nitrogens is 1. The minimum Gasteiger partial charge on any atom is -0.465 e. The molecule has 0 atom stereocenters. The van der Waals surface area contributed by atoms with Gasteiger partial charge in [-0.25, -0.2) is 4.79 Å². The van der Waals surface area contributed by atoms with Crippen molar-refractivity contribution < 1.29 is 14.3 Å². The molecule has 0 saturated carbocycles. The van der Waals surface area contributed by atoms with Crippen molar-refractivity contribution in [3.05, 3.63) is 77.0 Å². The van der Waals surface area contributed by atoms with Crippen molar-refractivity contribution in [1.29, 1.82) is 0 Å². The summed E-state index contributed by atoms with van der Waals surface area (Å²) in [5.74, 6) is -0.518. The van der Waals surface area contributed by atoms with Gasteiger partial charge in [-0.05, 0) is 67.5 Å². The summed E-state index contributed by atoms with van der Waals surface area (Å²) in [4.78, 5) is 28.5. The third-order valence-corrected chi connectivity index (χ3v) is 5.88. The van der Waals surface area contributed by atoms with E-state index in [-0.39, 0.29) is 11.9 Å². The van der Waals surface area contributed by atoms with E-state index in [1.807, 2.05) is 6.07 Å². The average molecular weight is 444 g/mol. The number of rotatable bonds is 8. The number of anilines is 1. The molecule has 0 bridgehead atoms. The second-order valence-corrected chi connectivity index (χ2v) is 8.15. The number of carbonyl (C=O) groups excluding carboxylic acids is 2. The predicted octanol–water partition coefficient (Wildman–Crippen LogP) is 4.53. The van der Waals surface area contributed by atoms with Crippen molar-refractivity contribution in [2.45, 2.75) is 32.1 Å². The quantitative estimate of drug-likeness (QED) is 0.304. The zero-order chi connectivity index (χ0) is 23.0. The number of methoxy groups -OCH3 is 1. The number of hydrogen-bond donors (Lipinski definition) is 2. The highest BCUT2D eigenvalue weighted by Gasteiger charge is 2.17. The van der Waals surface area contributed by atoms with Crippen LogP contribution >= 0.6 is 0 Å². The second kappa shape index (κ2) is 10.8. The molecular formula is C27H29N3O3. The van der Waals surface area contributed by atoms with Gasteiger partial charge in [0.15, 0.2) is 0 Å². The van der Waals surface area contributed by atoms with Gasteiger partial charge in [-0.3, -0.25) is 9.78 Å². The maximum absolute atomic E-state index is 12.1. The summed E-state index contributed by atoms with van der Waals surface area (Å²) in [6.45, 7) is 1.36.